The first-order valence-electron chi connectivity index (χ1n) is 9.05. The largest absolute Gasteiger partial charge is 0.490 e. The van der Waals surface area contributed by atoms with Gasteiger partial charge in [0.1, 0.15) is 11.5 Å². The Hall–Kier alpha value is -3.02. The van der Waals surface area contributed by atoms with E-state index in [1.54, 1.807) is 36.4 Å². The van der Waals surface area contributed by atoms with Crippen LogP contribution in [0.15, 0.2) is 36.4 Å². The van der Waals surface area contributed by atoms with Crippen molar-refractivity contribution in [3.05, 3.63) is 47.5 Å². The zero-order valence-corrected chi connectivity index (χ0v) is 17.1. The van der Waals surface area contributed by atoms with Crippen molar-refractivity contribution in [1.29, 1.82) is 0 Å². The van der Waals surface area contributed by atoms with Gasteiger partial charge in [0.15, 0.2) is 0 Å². The summed E-state index contributed by atoms with van der Waals surface area (Å²) in [7, 11) is 2.67. The second-order valence-corrected chi connectivity index (χ2v) is 6.74. The van der Waals surface area contributed by atoms with Crippen LogP contribution in [0, 0.1) is 0 Å². The maximum absolute atomic E-state index is 11.9. The van der Waals surface area contributed by atoms with E-state index in [9.17, 15) is 9.59 Å². The molecule has 0 radical (unpaired) electrons. The highest BCUT2D eigenvalue weighted by molar-refractivity contribution is 5.93. The Kier molecular flexibility index (Phi) is 7.04. The molecule has 0 N–H and O–H groups in total. The first-order chi connectivity index (χ1) is 13.3. The molecule has 0 aliphatic carbocycles. The summed E-state index contributed by atoms with van der Waals surface area (Å²) in [5.74, 6) is 0.161. The number of esters is 2. The van der Waals surface area contributed by atoms with Gasteiger partial charge in [0.05, 0.1) is 37.6 Å². The lowest BCUT2D eigenvalue weighted by atomic mass is 9.99. The summed E-state index contributed by atoms with van der Waals surface area (Å²) in [6.07, 6.45) is -0.203. The molecule has 6 nitrogen and oxygen atoms in total. The van der Waals surface area contributed by atoms with Crippen molar-refractivity contribution in [1.82, 2.24) is 0 Å². The highest BCUT2D eigenvalue weighted by atomic mass is 16.5. The third-order valence-electron chi connectivity index (χ3n) is 3.82. The molecule has 0 aliphatic rings. The minimum atomic E-state index is -0.445. The standard InChI is InChI=1S/C22H26O6/c1-13(2)27-19-11-15(21(23)25-5)7-9-17(19)18-10-8-16(22(24)26-6)12-20(18)28-14(3)4/h7-14H,1-6H3. The highest BCUT2D eigenvalue weighted by Crippen LogP contribution is 2.38. The van der Waals surface area contributed by atoms with Gasteiger partial charge in [-0.1, -0.05) is 0 Å². The van der Waals surface area contributed by atoms with E-state index >= 15 is 0 Å². The van der Waals surface area contributed by atoms with Crippen molar-refractivity contribution >= 4 is 11.9 Å². The molecule has 0 aromatic heterocycles. The molecule has 0 fully saturated rings. The molecule has 0 bridgehead atoms. The molecule has 0 atom stereocenters. The highest BCUT2D eigenvalue weighted by Gasteiger charge is 2.19. The average molecular weight is 386 g/mol. The smallest absolute Gasteiger partial charge is 0.337 e. The fourth-order valence-corrected chi connectivity index (χ4v) is 2.68. The lowest BCUT2D eigenvalue weighted by Gasteiger charge is -2.19. The van der Waals surface area contributed by atoms with Crippen molar-refractivity contribution in [3.8, 4) is 22.6 Å². The van der Waals surface area contributed by atoms with Gasteiger partial charge in [-0.05, 0) is 64.1 Å². The Bertz CT molecular complexity index is 783. The Morgan fingerprint density at radius 3 is 1.32 bits per heavy atom. The summed E-state index contributed by atoms with van der Waals surface area (Å²) < 4.78 is 21.5. The van der Waals surface area contributed by atoms with Gasteiger partial charge in [0, 0.05) is 11.1 Å². The van der Waals surface area contributed by atoms with Gasteiger partial charge in [-0.2, -0.15) is 0 Å². The van der Waals surface area contributed by atoms with Gasteiger partial charge in [-0.3, -0.25) is 0 Å². The van der Waals surface area contributed by atoms with E-state index in [1.807, 2.05) is 27.7 Å². The van der Waals surface area contributed by atoms with Crippen LogP contribution >= 0.6 is 0 Å². The molecule has 0 aliphatic heterocycles. The first-order valence-corrected chi connectivity index (χ1v) is 9.05. The van der Waals surface area contributed by atoms with Crippen molar-refractivity contribution in [2.24, 2.45) is 0 Å². The third-order valence-corrected chi connectivity index (χ3v) is 3.82. The lowest BCUT2D eigenvalue weighted by molar-refractivity contribution is 0.0591. The number of carbonyl (C=O) groups is 2. The van der Waals surface area contributed by atoms with Crippen molar-refractivity contribution < 1.29 is 28.5 Å². The van der Waals surface area contributed by atoms with E-state index in [4.69, 9.17) is 18.9 Å². The predicted molar refractivity (Wildman–Crippen MR) is 106 cm³/mol. The number of rotatable bonds is 7. The molecule has 0 unspecified atom stereocenters. The molecular formula is C22H26O6. The molecule has 0 saturated carbocycles. The van der Waals surface area contributed by atoms with E-state index in [0.717, 1.165) is 11.1 Å². The molecule has 0 spiro atoms. The number of methoxy groups -OCH3 is 2. The number of hydrogen-bond donors (Lipinski definition) is 0. The number of carbonyl (C=O) groups excluding carboxylic acids is 2. The first kappa shape index (κ1) is 21.3. The predicted octanol–water partition coefficient (Wildman–Crippen LogP) is 4.50. The number of benzene rings is 2. The van der Waals surface area contributed by atoms with Crippen LogP contribution in [0.5, 0.6) is 11.5 Å². The minimum absolute atomic E-state index is 0.101. The molecule has 0 saturated heterocycles. The van der Waals surface area contributed by atoms with Gasteiger partial charge in [0.2, 0.25) is 0 Å². The normalized spacial score (nSPS) is 10.7. The monoisotopic (exact) mass is 386 g/mol. The maximum Gasteiger partial charge on any atom is 0.337 e. The van der Waals surface area contributed by atoms with Crippen LogP contribution in [-0.4, -0.2) is 38.4 Å². The van der Waals surface area contributed by atoms with Crippen LogP contribution in [0.2, 0.25) is 0 Å². The zero-order chi connectivity index (χ0) is 20.8. The van der Waals surface area contributed by atoms with Gasteiger partial charge in [-0.25, -0.2) is 9.59 Å². The van der Waals surface area contributed by atoms with Crippen LogP contribution in [-0.2, 0) is 9.47 Å². The topological polar surface area (TPSA) is 71.1 Å². The molecule has 0 heterocycles. The van der Waals surface area contributed by atoms with E-state index < -0.39 is 11.9 Å². The molecule has 6 heteroatoms. The van der Waals surface area contributed by atoms with Gasteiger partial charge in [-0.15, -0.1) is 0 Å². The van der Waals surface area contributed by atoms with Gasteiger partial charge in [0.25, 0.3) is 0 Å². The summed E-state index contributed by atoms with van der Waals surface area (Å²) in [6, 6.07) is 10.2. The van der Waals surface area contributed by atoms with Crippen LogP contribution in [0.1, 0.15) is 48.4 Å². The summed E-state index contributed by atoms with van der Waals surface area (Å²) >= 11 is 0. The quantitative estimate of drug-likeness (QED) is 0.653. The van der Waals surface area contributed by atoms with Crippen LogP contribution in [0.3, 0.4) is 0 Å². The zero-order valence-electron chi connectivity index (χ0n) is 17.1. The SMILES string of the molecule is COC(=O)c1ccc(-c2ccc(C(=O)OC)cc2OC(C)C)c(OC(C)C)c1. The minimum Gasteiger partial charge on any atom is -0.490 e. The summed E-state index contributed by atoms with van der Waals surface area (Å²) in [6.45, 7) is 7.61. The Morgan fingerprint density at radius 1 is 0.679 bits per heavy atom. The Labute approximate surface area is 165 Å². The fraction of sp³-hybridized carbons (Fsp3) is 0.364. The molecule has 2 rings (SSSR count). The summed E-state index contributed by atoms with van der Waals surface area (Å²) in [4.78, 5) is 23.8. The Morgan fingerprint density at radius 2 is 1.04 bits per heavy atom. The Balaban J connectivity index is 2.63. The van der Waals surface area contributed by atoms with E-state index in [-0.39, 0.29) is 12.2 Å². The van der Waals surface area contributed by atoms with Crippen molar-refractivity contribution in [3.63, 3.8) is 0 Å². The molecule has 0 amide bonds. The van der Waals surface area contributed by atoms with E-state index in [2.05, 4.69) is 0 Å². The fourth-order valence-electron chi connectivity index (χ4n) is 2.68. The number of ether oxygens (including phenoxy) is 4. The second kappa shape index (κ2) is 9.26. The third kappa shape index (κ3) is 5.03. The van der Waals surface area contributed by atoms with E-state index in [1.165, 1.54) is 14.2 Å². The van der Waals surface area contributed by atoms with Gasteiger partial charge >= 0.3 is 11.9 Å². The second-order valence-electron chi connectivity index (χ2n) is 6.74. The molecule has 2 aromatic rings. The van der Waals surface area contributed by atoms with Gasteiger partial charge < -0.3 is 18.9 Å². The number of hydrogen-bond acceptors (Lipinski definition) is 6. The summed E-state index contributed by atoms with van der Waals surface area (Å²) in [5.41, 5.74) is 2.26. The lowest BCUT2D eigenvalue weighted by Crippen LogP contribution is -2.11. The molecular weight excluding hydrogens is 360 g/mol. The maximum atomic E-state index is 11.9. The van der Waals surface area contributed by atoms with E-state index in [0.29, 0.717) is 22.6 Å². The molecule has 150 valence electrons. The summed E-state index contributed by atoms with van der Waals surface area (Å²) in [5, 5.41) is 0. The molecule has 2 aromatic carbocycles. The molecule has 28 heavy (non-hydrogen) atoms. The van der Waals surface area contributed by atoms with Crippen molar-refractivity contribution in [2.75, 3.05) is 14.2 Å². The van der Waals surface area contributed by atoms with Crippen LogP contribution in [0.4, 0.5) is 0 Å². The van der Waals surface area contributed by atoms with Crippen LogP contribution < -0.4 is 9.47 Å². The van der Waals surface area contributed by atoms with Crippen molar-refractivity contribution in [2.45, 2.75) is 39.9 Å². The average Bonchev–Trinajstić information content (AvgIpc) is 2.66. The van der Waals surface area contributed by atoms with Crippen LogP contribution in [0.25, 0.3) is 11.1 Å².